The third kappa shape index (κ3) is 3.80. The van der Waals surface area contributed by atoms with E-state index in [1.807, 2.05) is 42.5 Å². The Balaban J connectivity index is 1.56. The number of esters is 1. The number of nitrogens with one attached hydrogen (secondary N) is 1. The number of anilines is 2. The third-order valence-electron chi connectivity index (χ3n) is 4.00. The summed E-state index contributed by atoms with van der Waals surface area (Å²) in [7, 11) is 0. The molecule has 134 valence electrons. The highest BCUT2D eigenvalue weighted by Crippen LogP contribution is 2.29. The fraction of sp³-hybridized carbons (Fsp3) is 0.0952. The molecular formula is C21H17N3O2S. The van der Waals surface area contributed by atoms with Gasteiger partial charge in [-0.3, -0.25) is 4.98 Å². The lowest BCUT2D eigenvalue weighted by Gasteiger charge is -2.07. The molecule has 4 aromatic rings. The molecule has 0 saturated carbocycles. The van der Waals surface area contributed by atoms with Gasteiger partial charge in [-0.15, -0.1) is 0 Å². The molecule has 0 radical (unpaired) electrons. The predicted octanol–water partition coefficient (Wildman–Crippen LogP) is 5.28. The van der Waals surface area contributed by atoms with Gasteiger partial charge in [0.1, 0.15) is 0 Å². The summed E-state index contributed by atoms with van der Waals surface area (Å²) in [5.74, 6) is -0.316. The molecule has 0 amide bonds. The molecule has 0 aliphatic heterocycles. The van der Waals surface area contributed by atoms with Crippen LogP contribution in [0, 0.1) is 0 Å². The summed E-state index contributed by atoms with van der Waals surface area (Å²) in [6, 6.07) is 19.2. The van der Waals surface area contributed by atoms with Crippen molar-refractivity contribution in [2.45, 2.75) is 6.92 Å². The average Bonchev–Trinajstić information content (AvgIpc) is 3.11. The van der Waals surface area contributed by atoms with Gasteiger partial charge >= 0.3 is 5.97 Å². The SMILES string of the molecule is CCOC(=O)c1ccc(-c2cc(Nc3nc4ccccc4s3)ccn2)cc1. The minimum atomic E-state index is -0.316. The summed E-state index contributed by atoms with van der Waals surface area (Å²) >= 11 is 1.61. The summed E-state index contributed by atoms with van der Waals surface area (Å²) in [6.07, 6.45) is 1.75. The molecule has 5 nitrogen and oxygen atoms in total. The van der Waals surface area contributed by atoms with Crippen molar-refractivity contribution in [2.24, 2.45) is 0 Å². The van der Waals surface area contributed by atoms with Crippen molar-refractivity contribution in [3.05, 3.63) is 72.4 Å². The number of aromatic nitrogens is 2. The molecular weight excluding hydrogens is 358 g/mol. The summed E-state index contributed by atoms with van der Waals surface area (Å²) in [5.41, 5.74) is 4.17. The van der Waals surface area contributed by atoms with Crippen molar-refractivity contribution >= 4 is 38.3 Å². The van der Waals surface area contributed by atoms with E-state index in [9.17, 15) is 4.79 Å². The number of carbonyl (C=O) groups excluding carboxylic acids is 1. The molecule has 0 unspecified atom stereocenters. The summed E-state index contributed by atoms with van der Waals surface area (Å²) in [6.45, 7) is 2.15. The second kappa shape index (κ2) is 7.55. The van der Waals surface area contributed by atoms with Gasteiger partial charge in [-0.25, -0.2) is 9.78 Å². The van der Waals surface area contributed by atoms with Crippen molar-refractivity contribution in [3.63, 3.8) is 0 Å². The van der Waals surface area contributed by atoms with Crippen LogP contribution in [0.1, 0.15) is 17.3 Å². The van der Waals surface area contributed by atoms with Crippen LogP contribution in [0.2, 0.25) is 0 Å². The number of benzene rings is 2. The molecule has 2 heterocycles. The van der Waals surface area contributed by atoms with Crippen molar-refractivity contribution < 1.29 is 9.53 Å². The Hall–Kier alpha value is -3.25. The fourth-order valence-electron chi connectivity index (χ4n) is 2.71. The first-order chi connectivity index (χ1) is 13.2. The van der Waals surface area contributed by atoms with Crippen LogP contribution < -0.4 is 5.32 Å². The number of ether oxygens (including phenoxy) is 1. The van der Waals surface area contributed by atoms with Crippen LogP contribution >= 0.6 is 11.3 Å². The topological polar surface area (TPSA) is 64.1 Å². The van der Waals surface area contributed by atoms with Crippen molar-refractivity contribution in [3.8, 4) is 11.3 Å². The minimum absolute atomic E-state index is 0.316. The molecule has 27 heavy (non-hydrogen) atoms. The Labute approximate surface area is 160 Å². The van der Waals surface area contributed by atoms with Gasteiger partial charge in [0.2, 0.25) is 0 Å². The maximum Gasteiger partial charge on any atom is 0.338 e. The first kappa shape index (κ1) is 17.2. The van der Waals surface area contributed by atoms with Gasteiger partial charge in [0.25, 0.3) is 0 Å². The molecule has 0 fully saturated rings. The van der Waals surface area contributed by atoms with Crippen LogP contribution in [0.15, 0.2) is 66.9 Å². The molecule has 1 N–H and O–H groups in total. The molecule has 2 aromatic heterocycles. The van der Waals surface area contributed by atoms with E-state index < -0.39 is 0 Å². The second-order valence-corrected chi connectivity index (χ2v) is 6.87. The second-order valence-electron chi connectivity index (χ2n) is 5.84. The summed E-state index contributed by atoms with van der Waals surface area (Å²) in [4.78, 5) is 20.8. The van der Waals surface area contributed by atoms with Gasteiger partial charge in [-0.2, -0.15) is 0 Å². The third-order valence-corrected chi connectivity index (χ3v) is 4.95. The zero-order valence-corrected chi connectivity index (χ0v) is 15.5. The van der Waals surface area contributed by atoms with Crippen LogP contribution in [-0.2, 0) is 4.74 Å². The van der Waals surface area contributed by atoms with E-state index in [4.69, 9.17) is 4.74 Å². The molecule has 0 saturated heterocycles. The number of hydrogen-bond donors (Lipinski definition) is 1. The molecule has 0 spiro atoms. The van der Waals surface area contributed by atoms with E-state index in [-0.39, 0.29) is 5.97 Å². The highest BCUT2D eigenvalue weighted by molar-refractivity contribution is 7.22. The number of rotatable bonds is 5. The van der Waals surface area contributed by atoms with E-state index >= 15 is 0 Å². The van der Waals surface area contributed by atoms with E-state index in [1.165, 1.54) is 0 Å². The quantitative estimate of drug-likeness (QED) is 0.481. The highest BCUT2D eigenvalue weighted by atomic mass is 32.1. The van der Waals surface area contributed by atoms with E-state index in [0.717, 1.165) is 32.3 Å². The largest absolute Gasteiger partial charge is 0.462 e. The lowest BCUT2D eigenvalue weighted by atomic mass is 10.1. The highest BCUT2D eigenvalue weighted by Gasteiger charge is 2.08. The van der Waals surface area contributed by atoms with Gasteiger partial charge in [0, 0.05) is 17.4 Å². The van der Waals surface area contributed by atoms with E-state index in [2.05, 4.69) is 21.4 Å². The number of para-hydroxylation sites is 1. The van der Waals surface area contributed by atoms with Crippen LogP contribution in [0.5, 0.6) is 0 Å². The Morgan fingerprint density at radius 2 is 1.93 bits per heavy atom. The Morgan fingerprint density at radius 1 is 1.11 bits per heavy atom. The number of pyridine rings is 1. The molecule has 4 rings (SSSR count). The van der Waals surface area contributed by atoms with Gasteiger partial charge < -0.3 is 10.1 Å². The van der Waals surface area contributed by atoms with Gasteiger partial charge in [0.15, 0.2) is 5.13 Å². The number of fused-ring (bicyclic) bond motifs is 1. The van der Waals surface area contributed by atoms with Crippen molar-refractivity contribution in [1.29, 1.82) is 0 Å². The van der Waals surface area contributed by atoms with Crippen LogP contribution in [-0.4, -0.2) is 22.5 Å². The van der Waals surface area contributed by atoms with Crippen molar-refractivity contribution in [1.82, 2.24) is 9.97 Å². The zero-order chi connectivity index (χ0) is 18.6. The van der Waals surface area contributed by atoms with Gasteiger partial charge in [-0.1, -0.05) is 35.6 Å². The Kier molecular flexibility index (Phi) is 4.80. The molecule has 0 aliphatic rings. The monoisotopic (exact) mass is 375 g/mol. The molecule has 0 bridgehead atoms. The van der Waals surface area contributed by atoms with E-state index in [0.29, 0.717) is 12.2 Å². The first-order valence-electron chi connectivity index (χ1n) is 8.59. The standard InChI is InChI=1S/C21H17N3O2S/c1-2-26-20(25)15-9-7-14(8-10-15)18-13-16(11-12-22-18)23-21-24-17-5-3-4-6-19(17)27-21/h3-13H,2H2,1H3,(H,22,23,24). The first-order valence-corrected chi connectivity index (χ1v) is 9.41. The van der Waals surface area contributed by atoms with Crippen LogP contribution in [0.25, 0.3) is 21.5 Å². The van der Waals surface area contributed by atoms with Crippen LogP contribution in [0.4, 0.5) is 10.8 Å². The number of carbonyl (C=O) groups is 1. The maximum absolute atomic E-state index is 11.8. The Bertz CT molecular complexity index is 1060. The lowest BCUT2D eigenvalue weighted by Crippen LogP contribution is -2.04. The molecule has 0 atom stereocenters. The Morgan fingerprint density at radius 3 is 2.70 bits per heavy atom. The summed E-state index contributed by atoms with van der Waals surface area (Å²) < 4.78 is 6.16. The van der Waals surface area contributed by atoms with Crippen molar-refractivity contribution in [2.75, 3.05) is 11.9 Å². The molecule has 6 heteroatoms. The van der Waals surface area contributed by atoms with Crippen LogP contribution in [0.3, 0.4) is 0 Å². The number of hydrogen-bond acceptors (Lipinski definition) is 6. The normalized spacial score (nSPS) is 10.7. The number of nitrogens with zero attached hydrogens (tertiary/aromatic N) is 2. The zero-order valence-electron chi connectivity index (χ0n) is 14.7. The minimum Gasteiger partial charge on any atom is -0.462 e. The van der Waals surface area contributed by atoms with Gasteiger partial charge in [0.05, 0.1) is 28.1 Å². The molecule has 2 aromatic carbocycles. The smallest absolute Gasteiger partial charge is 0.338 e. The average molecular weight is 375 g/mol. The predicted molar refractivity (Wildman–Crippen MR) is 109 cm³/mol. The van der Waals surface area contributed by atoms with E-state index in [1.54, 1.807) is 36.6 Å². The number of thiazole rings is 1. The maximum atomic E-state index is 11.8. The lowest BCUT2D eigenvalue weighted by molar-refractivity contribution is 0.0526. The molecule has 0 aliphatic carbocycles. The summed E-state index contributed by atoms with van der Waals surface area (Å²) in [5, 5.41) is 4.18. The van der Waals surface area contributed by atoms with Gasteiger partial charge in [-0.05, 0) is 43.3 Å². The fourth-order valence-corrected chi connectivity index (χ4v) is 3.59.